The van der Waals surface area contributed by atoms with E-state index in [1.54, 1.807) is 12.2 Å². The summed E-state index contributed by atoms with van der Waals surface area (Å²) in [5.74, 6) is -2.29. The topological polar surface area (TPSA) is 119 Å². The van der Waals surface area contributed by atoms with Crippen molar-refractivity contribution in [3.8, 4) is 17.2 Å². The number of carbonyl (C=O) groups excluding carboxylic acids is 2. The molecule has 0 unspecified atom stereocenters. The summed E-state index contributed by atoms with van der Waals surface area (Å²) in [5, 5.41) is 21.1. The number of ketones is 2. The molecule has 0 amide bonds. The van der Waals surface area contributed by atoms with E-state index in [1.807, 2.05) is 53.7 Å². The Hall–Kier alpha value is -3.65. The average molecular weight is 561 g/mol. The number of hydrogen-bond donors (Lipinski definition) is 2. The molecule has 1 spiro atoms. The number of carboxylic acids is 1. The molecule has 1 aromatic rings. The van der Waals surface area contributed by atoms with E-state index in [4.69, 9.17) is 14.2 Å². The molecule has 216 valence electrons. The molecule has 7 rings (SSSR count). The molecule has 8 heteroatoms. The lowest BCUT2D eigenvalue weighted by atomic mass is 9.51. The van der Waals surface area contributed by atoms with Crippen molar-refractivity contribution in [1.82, 2.24) is 0 Å². The molecule has 3 aliphatic heterocycles. The minimum Gasteiger partial charge on any atom is -0.506 e. The Labute approximate surface area is 239 Å². The highest BCUT2D eigenvalue weighted by atomic mass is 16.6. The average Bonchev–Trinajstić information content (AvgIpc) is 3.03. The number of carboxylic acid groups (broad SMARTS) is 1. The van der Waals surface area contributed by atoms with Crippen LogP contribution in [0.5, 0.6) is 17.2 Å². The van der Waals surface area contributed by atoms with Gasteiger partial charge in [-0.25, -0.2) is 4.79 Å². The van der Waals surface area contributed by atoms with E-state index in [-0.39, 0.29) is 40.8 Å². The first-order chi connectivity index (χ1) is 19.1. The van der Waals surface area contributed by atoms with Crippen molar-refractivity contribution < 1.29 is 38.8 Å². The normalized spacial score (nSPS) is 31.4. The Morgan fingerprint density at radius 1 is 1.07 bits per heavy atom. The van der Waals surface area contributed by atoms with Gasteiger partial charge in [-0.05, 0) is 73.5 Å². The van der Waals surface area contributed by atoms with Gasteiger partial charge < -0.3 is 24.4 Å². The number of hydrogen-bond acceptors (Lipinski definition) is 7. The Morgan fingerprint density at radius 2 is 1.78 bits per heavy atom. The van der Waals surface area contributed by atoms with E-state index in [0.29, 0.717) is 35.3 Å². The molecule has 1 saturated carbocycles. The number of phenolic OH excluding ortho intramolecular Hbond substituents is 1. The molecule has 3 heterocycles. The molecule has 6 aliphatic rings. The number of Topliss-reactive ketones (excluding diaryl/α,β-unsaturated/α-hetero) is 2. The van der Waals surface area contributed by atoms with Gasteiger partial charge in [0.1, 0.15) is 28.4 Å². The number of rotatable bonds is 5. The maximum atomic E-state index is 14.5. The minimum atomic E-state index is -1.61. The van der Waals surface area contributed by atoms with Crippen molar-refractivity contribution in [3.05, 3.63) is 57.7 Å². The van der Waals surface area contributed by atoms with Crippen LogP contribution in [-0.2, 0) is 20.7 Å². The summed E-state index contributed by atoms with van der Waals surface area (Å²) in [4.78, 5) is 40.4. The molecule has 4 atom stereocenters. The second-order valence-corrected chi connectivity index (χ2v) is 13.2. The van der Waals surface area contributed by atoms with Gasteiger partial charge in [0, 0.05) is 35.0 Å². The second kappa shape index (κ2) is 8.44. The number of aliphatic carboxylic acids is 1. The highest BCUT2D eigenvalue weighted by molar-refractivity contribution is 6.19. The number of fused-ring (bicyclic) bond motifs is 2. The molecule has 41 heavy (non-hydrogen) atoms. The number of benzene rings is 1. The lowest BCUT2D eigenvalue weighted by Gasteiger charge is -2.56. The van der Waals surface area contributed by atoms with E-state index in [9.17, 15) is 24.6 Å². The molecule has 0 aromatic heterocycles. The highest BCUT2D eigenvalue weighted by Crippen LogP contribution is 2.68. The Balaban J connectivity index is 1.66. The van der Waals surface area contributed by atoms with Gasteiger partial charge in [0.2, 0.25) is 0 Å². The van der Waals surface area contributed by atoms with Gasteiger partial charge in [-0.1, -0.05) is 23.8 Å². The Bertz CT molecular complexity index is 1560. The quantitative estimate of drug-likeness (QED) is 0.357. The molecule has 0 radical (unpaired) electrons. The zero-order valence-electron chi connectivity index (χ0n) is 24.5. The van der Waals surface area contributed by atoms with Gasteiger partial charge in [-0.2, -0.15) is 0 Å². The van der Waals surface area contributed by atoms with Crippen LogP contribution in [0.2, 0.25) is 0 Å². The summed E-state index contributed by atoms with van der Waals surface area (Å²) >= 11 is 0. The van der Waals surface area contributed by atoms with Gasteiger partial charge in [0.25, 0.3) is 0 Å². The van der Waals surface area contributed by atoms with Crippen LogP contribution in [0.4, 0.5) is 0 Å². The smallest absolute Gasteiger partial charge is 0.330 e. The summed E-state index contributed by atoms with van der Waals surface area (Å²) < 4.78 is 20.1. The van der Waals surface area contributed by atoms with E-state index in [1.165, 1.54) is 13.0 Å². The van der Waals surface area contributed by atoms with Crippen LogP contribution in [0.1, 0.15) is 82.8 Å². The summed E-state index contributed by atoms with van der Waals surface area (Å²) in [5.41, 5.74) is -2.14. The highest BCUT2D eigenvalue weighted by Gasteiger charge is 2.81. The van der Waals surface area contributed by atoms with Gasteiger partial charge in [-0.15, -0.1) is 0 Å². The first kappa shape index (κ1) is 27.5. The van der Waals surface area contributed by atoms with Gasteiger partial charge in [-0.3, -0.25) is 9.59 Å². The number of phenols is 1. The number of ether oxygens (including phenoxy) is 3. The van der Waals surface area contributed by atoms with E-state index in [2.05, 4.69) is 0 Å². The Morgan fingerprint density at radius 3 is 2.44 bits per heavy atom. The zero-order valence-corrected chi connectivity index (χ0v) is 24.5. The first-order valence-electron chi connectivity index (χ1n) is 14.1. The molecular formula is C33H36O8. The predicted octanol–water partition coefficient (Wildman–Crippen LogP) is 5.51. The third-order valence-electron chi connectivity index (χ3n) is 9.37. The number of aromatic hydroxyl groups is 1. The molecule has 4 bridgehead atoms. The maximum absolute atomic E-state index is 14.5. The fourth-order valence-corrected chi connectivity index (χ4v) is 7.44. The van der Waals surface area contributed by atoms with Gasteiger partial charge in [0.05, 0.1) is 11.2 Å². The van der Waals surface area contributed by atoms with Crippen LogP contribution in [0.15, 0.2) is 41.0 Å². The molecule has 1 saturated heterocycles. The van der Waals surface area contributed by atoms with E-state index in [0.717, 1.165) is 5.57 Å². The van der Waals surface area contributed by atoms with Crippen molar-refractivity contribution in [2.45, 2.75) is 90.1 Å². The number of allylic oxidation sites excluding steroid dienone is 3. The fourth-order valence-electron chi connectivity index (χ4n) is 7.44. The third kappa shape index (κ3) is 3.52. The summed E-state index contributed by atoms with van der Waals surface area (Å²) in [7, 11) is 0. The van der Waals surface area contributed by atoms with Crippen LogP contribution in [0.25, 0.3) is 6.08 Å². The fraction of sp³-hybridized carbons (Fsp3) is 0.485. The monoisotopic (exact) mass is 560 g/mol. The molecule has 1 aromatic carbocycles. The van der Waals surface area contributed by atoms with Crippen LogP contribution >= 0.6 is 0 Å². The maximum Gasteiger partial charge on any atom is 0.330 e. The standard InChI is InChI=1S/C33H36O8/c1-16(2)8-9-20-26-19(11-12-30(4,5)39-26)24(34)23-25(35)21-14-18-15-22-31(6,7)41-32(28(18)36,13-10-17(3)29(37)38)33(21,22)40-27(20)23/h8,10-12,14,18,22,34H,9,13,15H2,1-7H3,(H,37,38)/b17-10-/t18-,22+,32+,33-/m0/s1. The zero-order chi connectivity index (χ0) is 29.9. The largest absolute Gasteiger partial charge is 0.506 e. The van der Waals surface area contributed by atoms with E-state index < -0.39 is 40.1 Å². The minimum absolute atomic E-state index is 0.0513. The molecular weight excluding hydrogens is 524 g/mol. The van der Waals surface area contributed by atoms with Crippen LogP contribution in [-0.4, -0.2) is 50.2 Å². The lowest BCUT2D eigenvalue weighted by molar-refractivity contribution is -0.171. The lowest BCUT2D eigenvalue weighted by Crippen LogP contribution is -2.72. The summed E-state index contributed by atoms with van der Waals surface area (Å²) in [6.07, 6.45) is 9.54. The van der Waals surface area contributed by atoms with Crippen LogP contribution in [0, 0.1) is 11.8 Å². The number of carbonyl (C=O) groups is 3. The molecule has 3 aliphatic carbocycles. The molecule has 2 fully saturated rings. The van der Waals surface area contributed by atoms with E-state index >= 15 is 0 Å². The Kier molecular flexibility index (Phi) is 5.67. The third-order valence-corrected chi connectivity index (χ3v) is 9.37. The SMILES string of the molecule is CC(C)=CCc1c2c(c(O)c3c1O[C@@]14C(=C[C@H]5C[C@@H]1C(C)(C)O[C@]4(C/C=C(/C)C(=O)O)C5=O)C3=O)C=CC(C)(C)O2. The predicted molar refractivity (Wildman–Crippen MR) is 151 cm³/mol. The van der Waals surface area contributed by atoms with Crippen LogP contribution < -0.4 is 9.47 Å². The van der Waals surface area contributed by atoms with Crippen molar-refractivity contribution in [2.75, 3.05) is 0 Å². The van der Waals surface area contributed by atoms with Crippen molar-refractivity contribution in [3.63, 3.8) is 0 Å². The van der Waals surface area contributed by atoms with Crippen molar-refractivity contribution in [2.24, 2.45) is 11.8 Å². The molecule has 8 nitrogen and oxygen atoms in total. The van der Waals surface area contributed by atoms with Crippen molar-refractivity contribution >= 4 is 23.6 Å². The summed E-state index contributed by atoms with van der Waals surface area (Å²) in [6, 6.07) is 0. The first-order valence-corrected chi connectivity index (χ1v) is 14.1. The second-order valence-electron chi connectivity index (χ2n) is 13.2. The summed E-state index contributed by atoms with van der Waals surface area (Å²) in [6.45, 7) is 13.0. The van der Waals surface area contributed by atoms with Gasteiger partial charge in [0.15, 0.2) is 22.8 Å². The van der Waals surface area contributed by atoms with Crippen molar-refractivity contribution in [1.29, 1.82) is 0 Å². The molecule has 2 N–H and O–H groups in total. The van der Waals surface area contributed by atoms with Gasteiger partial charge >= 0.3 is 5.97 Å². The van der Waals surface area contributed by atoms with Crippen LogP contribution in [0.3, 0.4) is 0 Å².